The first-order valence-electron chi connectivity index (χ1n) is 11.4. The molecule has 4 N–H and O–H groups in total. The molecule has 3 aromatic rings. The van der Waals surface area contributed by atoms with Gasteiger partial charge in [0.1, 0.15) is 11.4 Å². The molecule has 2 aliphatic heterocycles. The van der Waals surface area contributed by atoms with Crippen LogP contribution in [0.1, 0.15) is 30.7 Å². The molecule has 5 heterocycles. The van der Waals surface area contributed by atoms with Crippen molar-refractivity contribution in [1.82, 2.24) is 19.7 Å². The number of amides is 2. The van der Waals surface area contributed by atoms with Crippen LogP contribution in [0.4, 0.5) is 16.3 Å². The summed E-state index contributed by atoms with van der Waals surface area (Å²) in [6, 6.07) is 5.09. The van der Waals surface area contributed by atoms with E-state index < -0.39 is 11.6 Å². The van der Waals surface area contributed by atoms with Crippen LogP contribution in [0.5, 0.6) is 0 Å². The molecule has 0 bridgehead atoms. The van der Waals surface area contributed by atoms with Crippen LogP contribution >= 0.6 is 0 Å². The third kappa shape index (κ3) is 4.06. The smallest absolute Gasteiger partial charge is 0.317 e. The minimum atomic E-state index is -0.687. The Balaban J connectivity index is 1.66. The highest BCUT2D eigenvalue weighted by molar-refractivity contribution is 5.90. The maximum absolute atomic E-state index is 11.4. The van der Waals surface area contributed by atoms with Gasteiger partial charge < -0.3 is 25.2 Å². The van der Waals surface area contributed by atoms with Crippen LogP contribution in [0.3, 0.4) is 0 Å². The number of ether oxygens (including phenoxy) is 2. The van der Waals surface area contributed by atoms with E-state index in [0.717, 1.165) is 41.1 Å². The molecule has 5 rings (SSSR count). The molecule has 0 aliphatic carbocycles. The van der Waals surface area contributed by atoms with Crippen LogP contribution < -0.4 is 16.0 Å². The van der Waals surface area contributed by atoms with Crippen molar-refractivity contribution in [3.05, 3.63) is 35.8 Å². The number of aliphatic hydroxyl groups excluding tert-OH is 1. The largest absolute Gasteiger partial charge is 0.393 e. The second-order valence-electron chi connectivity index (χ2n) is 8.86. The van der Waals surface area contributed by atoms with E-state index in [-0.39, 0.29) is 6.10 Å². The molecule has 1 unspecified atom stereocenters. The molecule has 2 aliphatic rings. The van der Waals surface area contributed by atoms with E-state index in [2.05, 4.69) is 21.3 Å². The highest BCUT2D eigenvalue weighted by Gasteiger charge is 2.39. The van der Waals surface area contributed by atoms with Crippen LogP contribution in [0.25, 0.3) is 16.7 Å². The molecule has 1 atom stereocenters. The molecule has 0 spiro atoms. The van der Waals surface area contributed by atoms with Gasteiger partial charge in [0.15, 0.2) is 5.82 Å². The zero-order valence-electron chi connectivity index (χ0n) is 19.3. The van der Waals surface area contributed by atoms with Crippen LogP contribution in [-0.2, 0) is 15.1 Å². The molecule has 34 heavy (non-hydrogen) atoms. The first kappa shape index (κ1) is 22.5. The summed E-state index contributed by atoms with van der Waals surface area (Å²) in [6.45, 7) is 4.42. The van der Waals surface area contributed by atoms with Gasteiger partial charge in [0, 0.05) is 62.6 Å². The zero-order valence-corrected chi connectivity index (χ0v) is 19.3. The van der Waals surface area contributed by atoms with Gasteiger partial charge >= 0.3 is 6.03 Å². The number of nitrogens with one attached hydrogen (secondary N) is 1. The summed E-state index contributed by atoms with van der Waals surface area (Å²) in [6.07, 6.45) is 3.52. The molecule has 11 heteroatoms. The molecular formula is C23H29N7O4. The topological polar surface area (TPSA) is 141 Å². The number of nitrogens with two attached hydrogens (primary N) is 1. The minimum absolute atomic E-state index is 0.271. The Morgan fingerprint density at radius 2 is 2.12 bits per heavy atom. The van der Waals surface area contributed by atoms with Gasteiger partial charge in [-0.15, -0.1) is 0 Å². The quantitative estimate of drug-likeness (QED) is 0.516. The monoisotopic (exact) mass is 467 g/mol. The lowest BCUT2D eigenvalue weighted by atomic mass is 9.97. The lowest BCUT2D eigenvalue weighted by Gasteiger charge is -2.33. The number of aromatic nitrogens is 4. The molecule has 2 fully saturated rings. The van der Waals surface area contributed by atoms with Gasteiger partial charge in [-0.2, -0.15) is 5.10 Å². The number of methoxy groups -OCH3 is 1. The summed E-state index contributed by atoms with van der Waals surface area (Å²) < 4.78 is 13.4. The highest BCUT2D eigenvalue weighted by Crippen LogP contribution is 2.36. The van der Waals surface area contributed by atoms with Gasteiger partial charge in [0.05, 0.1) is 29.6 Å². The summed E-state index contributed by atoms with van der Waals surface area (Å²) in [7, 11) is 1.68. The predicted molar refractivity (Wildman–Crippen MR) is 126 cm³/mol. The predicted octanol–water partition coefficient (Wildman–Crippen LogP) is 1.84. The second kappa shape index (κ2) is 8.82. The van der Waals surface area contributed by atoms with Gasteiger partial charge in [0.2, 0.25) is 0 Å². The van der Waals surface area contributed by atoms with Crippen LogP contribution in [0.2, 0.25) is 0 Å². The number of anilines is 2. The Hall–Kier alpha value is -3.28. The number of urea groups is 1. The maximum atomic E-state index is 11.4. The van der Waals surface area contributed by atoms with Crippen molar-refractivity contribution in [3.63, 3.8) is 0 Å². The van der Waals surface area contributed by atoms with Crippen LogP contribution in [-0.4, -0.2) is 70.4 Å². The summed E-state index contributed by atoms with van der Waals surface area (Å²) >= 11 is 0. The van der Waals surface area contributed by atoms with Gasteiger partial charge in [-0.3, -0.25) is 5.32 Å². The van der Waals surface area contributed by atoms with Crippen LogP contribution in [0, 0.1) is 6.92 Å². The summed E-state index contributed by atoms with van der Waals surface area (Å²) in [5.41, 5.74) is 7.93. The molecule has 3 aromatic heterocycles. The van der Waals surface area contributed by atoms with Crippen molar-refractivity contribution in [1.29, 1.82) is 0 Å². The van der Waals surface area contributed by atoms with E-state index in [4.69, 9.17) is 25.3 Å². The number of rotatable bonds is 5. The number of piperidine rings is 1. The number of hydrogen-bond acceptors (Lipinski definition) is 8. The number of aliphatic hydroxyl groups is 1. The molecule has 0 saturated carbocycles. The number of fused-ring (bicyclic) bond motifs is 1. The Morgan fingerprint density at radius 1 is 1.32 bits per heavy atom. The lowest BCUT2D eigenvalue weighted by molar-refractivity contribution is -0.0245. The summed E-state index contributed by atoms with van der Waals surface area (Å²) in [4.78, 5) is 22.8. The van der Waals surface area contributed by atoms with E-state index >= 15 is 0 Å². The molecule has 0 radical (unpaired) electrons. The fourth-order valence-electron chi connectivity index (χ4n) is 4.69. The second-order valence-corrected chi connectivity index (χ2v) is 8.86. The van der Waals surface area contributed by atoms with Gasteiger partial charge in [-0.05, 0) is 25.8 Å². The van der Waals surface area contributed by atoms with E-state index in [9.17, 15) is 9.90 Å². The number of hydrogen-bond donors (Lipinski definition) is 3. The van der Waals surface area contributed by atoms with E-state index in [1.54, 1.807) is 24.1 Å². The lowest BCUT2D eigenvalue weighted by Crippen LogP contribution is -2.37. The number of carbonyl (C=O) groups excluding carboxylic acids is 1. The third-order valence-corrected chi connectivity index (χ3v) is 6.69. The average Bonchev–Trinajstić information content (AvgIpc) is 3.44. The molecule has 180 valence electrons. The Bertz CT molecular complexity index is 1210. The van der Waals surface area contributed by atoms with Gasteiger partial charge in [-0.1, -0.05) is 0 Å². The normalized spacial score (nSPS) is 21.3. The van der Waals surface area contributed by atoms with Crippen LogP contribution in [0.15, 0.2) is 24.4 Å². The first-order chi connectivity index (χ1) is 16.4. The number of carbonyl (C=O) groups is 1. The Kier molecular flexibility index (Phi) is 5.84. The number of pyridine rings is 2. The summed E-state index contributed by atoms with van der Waals surface area (Å²) in [5.74, 6) is 0.955. The highest BCUT2D eigenvalue weighted by atomic mass is 16.5. The molecule has 2 amide bonds. The fraction of sp³-hybridized carbons (Fsp3) is 0.478. The zero-order chi connectivity index (χ0) is 23.9. The van der Waals surface area contributed by atoms with Crippen molar-refractivity contribution in [3.8, 4) is 5.82 Å². The number of nitrogens with zero attached hydrogens (tertiary/aromatic N) is 5. The Morgan fingerprint density at radius 3 is 2.79 bits per heavy atom. The van der Waals surface area contributed by atoms with Crippen molar-refractivity contribution < 1.29 is 19.4 Å². The molecular weight excluding hydrogens is 438 g/mol. The summed E-state index contributed by atoms with van der Waals surface area (Å²) in [5, 5.41) is 18.1. The van der Waals surface area contributed by atoms with E-state index in [1.807, 2.05) is 13.0 Å². The Labute approximate surface area is 196 Å². The molecule has 2 saturated heterocycles. The van der Waals surface area contributed by atoms with Crippen molar-refractivity contribution in [2.45, 2.75) is 37.9 Å². The number of primary amides is 1. The van der Waals surface area contributed by atoms with Crippen molar-refractivity contribution in [2.24, 2.45) is 5.73 Å². The third-order valence-electron chi connectivity index (χ3n) is 6.69. The minimum Gasteiger partial charge on any atom is -0.393 e. The van der Waals surface area contributed by atoms with Crippen molar-refractivity contribution in [2.75, 3.05) is 43.6 Å². The molecule has 0 aromatic carbocycles. The van der Waals surface area contributed by atoms with E-state index in [1.165, 1.54) is 0 Å². The number of aryl methyl sites for hydroxylation is 1. The first-order valence-corrected chi connectivity index (χ1v) is 11.4. The SMILES string of the molecule is COC1(c2cc(N3CCC(O)CC3)cc(-n3nc(C)c4cnc(NC(N)=O)cc43)n2)CCOC1. The fourth-order valence-corrected chi connectivity index (χ4v) is 4.69. The van der Waals surface area contributed by atoms with Gasteiger partial charge in [0.25, 0.3) is 0 Å². The average molecular weight is 468 g/mol. The standard InChI is InChI=1S/C23H29N7O4/c1-14-17-12-25-20(27-22(24)32)11-18(17)30(28-14)21-10-15(29-6-3-16(31)4-7-29)9-19(26-21)23(33-2)5-8-34-13-23/h9-12,16,31H,3-8,13H2,1-2H3,(H3,24,25,27,32). The molecule has 11 nitrogen and oxygen atoms in total. The van der Waals surface area contributed by atoms with Gasteiger partial charge in [-0.25, -0.2) is 19.4 Å². The van der Waals surface area contributed by atoms with E-state index in [0.29, 0.717) is 44.1 Å². The maximum Gasteiger partial charge on any atom is 0.317 e. The van der Waals surface area contributed by atoms with Crippen molar-refractivity contribution >= 4 is 28.4 Å².